The van der Waals surface area contributed by atoms with Gasteiger partial charge in [-0.3, -0.25) is 9.59 Å². The van der Waals surface area contributed by atoms with E-state index in [1.54, 1.807) is 12.1 Å². The lowest BCUT2D eigenvalue weighted by Crippen LogP contribution is -2.30. The average molecular weight is 384 g/mol. The fourth-order valence-electron chi connectivity index (χ4n) is 3.08. The third-order valence-electron chi connectivity index (χ3n) is 4.61. The van der Waals surface area contributed by atoms with Crippen molar-refractivity contribution in [3.63, 3.8) is 0 Å². The van der Waals surface area contributed by atoms with Gasteiger partial charge >= 0.3 is 0 Å². The Bertz CT molecular complexity index is 788. The second kappa shape index (κ2) is 10.0. The number of halogens is 1. The predicted octanol–water partition coefficient (Wildman–Crippen LogP) is 4.76. The summed E-state index contributed by atoms with van der Waals surface area (Å²) in [4.78, 5) is 24.5. The van der Waals surface area contributed by atoms with E-state index < -0.39 is 0 Å². The molecule has 0 atom stereocenters. The van der Waals surface area contributed by atoms with Gasteiger partial charge in [0.2, 0.25) is 11.8 Å². The number of rotatable bonds is 8. The number of amides is 2. The van der Waals surface area contributed by atoms with Crippen LogP contribution < -0.4 is 10.6 Å². The molecule has 4 nitrogen and oxygen atoms in total. The number of hydrogen-bond acceptors (Lipinski definition) is 2. The molecule has 2 amide bonds. The van der Waals surface area contributed by atoms with E-state index in [0.29, 0.717) is 13.0 Å². The lowest BCUT2D eigenvalue weighted by Gasteiger charge is -2.20. The van der Waals surface area contributed by atoms with Gasteiger partial charge in [-0.1, -0.05) is 58.0 Å². The van der Waals surface area contributed by atoms with E-state index in [9.17, 15) is 14.0 Å². The molecule has 28 heavy (non-hydrogen) atoms. The van der Waals surface area contributed by atoms with Crippen molar-refractivity contribution in [1.29, 1.82) is 0 Å². The van der Waals surface area contributed by atoms with Crippen molar-refractivity contribution in [2.75, 3.05) is 11.9 Å². The van der Waals surface area contributed by atoms with Crippen LogP contribution in [-0.2, 0) is 16.0 Å². The molecule has 2 aromatic rings. The Morgan fingerprint density at radius 3 is 2.00 bits per heavy atom. The number of carbonyl (C=O) groups excluding carboxylic acids is 2. The van der Waals surface area contributed by atoms with E-state index in [0.717, 1.165) is 22.4 Å². The van der Waals surface area contributed by atoms with E-state index >= 15 is 0 Å². The molecule has 0 fully saturated rings. The van der Waals surface area contributed by atoms with Gasteiger partial charge in [0, 0.05) is 12.2 Å². The van der Waals surface area contributed by atoms with Crippen molar-refractivity contribution in [3.8, 4) is 0 Å². The van der Waals surface area contributed by atoms with Gasteiger partial charge in [-0.25, -0.2) is 4.39 Å². The summed E-state index contributed by atoms with van der Waals surface area (Å²) in [7, 11) is 0. The highest BCUT2D eigenvalue weighted by Crippen LogP contribution is 2.32. The summed E-state index contributed by atoms with van der Waals surface area (Å²) in [5.74, 6) is -0.411. The second-order valence-corrected chi connectivity index (χ2v) is 7.57. The SMILES string of the molecule is CC(C)c1cccc(C(C)C)c1NC(=O)CC(=O)NCCc1ccc(F)cc1. The van der Waals surface area contributed by atoms with Crippen molar-refractivity contribution in [3.05, 3.63) is 65.0 Å². The highest BCUT2D eigenvalue weighted by Gasteiger charge is 2.17. The van der Waals surface area contributed by atoms with Gasteiger partial charge in [0.15, 0.2) is 0 Å². The van der Waals surface area contributed by atoms with E-state index in [-0.39, 0.29) is 35.9 Å². The van der Waals surface area contributed by atoms with Gasteiger partial charge in [0.1, 0.15) is 12.2 Å². The number of hydrogen-bond donors (Lipinski definition) is 2. The van der Waals surface area contributed by atoms with Crippen LogP contribution in [0.5, 0.6) is 0 Å². The van der Waals surface area contributed by atoms with Crippen molar-refractivity contribution < 1.29 is 14.0 Å². The number of para-hydroxylation sites is 1. The summed E-state index contributed by atoms with van der Waals surface area (Å²) in [6.45, 7) is 8.72. The maximum absolute atomic E-state index is 12.9. The van der Waals surface area contributed by atoms with Gasteiger partial charge in [-0.2, -0.15) is 0 Å². The molecule has 150 valence electrons. The molecule has 0 radical (unpaired) electrons. The minimum absolute atomic E-state index is 0.229. The molecule has 0 aliphatic heterocycles. The Morgan fingerprint density at radius 2 is 1.46 bits per heavy atom. The molecule has 0 heterocycles. The van der Waals surface area contributed by atoms with Gasteiger partial charge in [0.25, 0.3) is 0 Å². The molecule has 0 saturated heterocycles. The minimum Gasteiger partial charge on any atom is -0.355 e. The minimum atomic E-state index is -0.326. The first-order chi connectivity index (χ1) is 13.3. The third kappa shape index (κ3) is 6.19. The largest absolute Gasteiger partial charge is 0.355 e. The number of benzene rings is 2. The Kier molecular flexibility index (Phi) is 7.73. The monoisotopic (exact) mass is 384 g/mol. The summed E-state index contributed by atoms with van der Waals surface area (Å²) < 4.78 is 12.9. The third-order valence-corrected chi connectivity index (χ3v) is 4.61. The van der Waals surface area contributed by atoms with Crippen LogP contribution in [0.25, 0.3) is 0 Å². The van der Waals surface area contributed by atoms with Crippen LogP contribution in [0.1, 0.15) is 62.6 Å². The van der Waals surface area contributed by atoms with Gasteiger partial charge in [0.05, 0.1) is 0 Å². The van der Waals surface area contributed by atoms with Crippen LogP contribution in [0.15, 0.2) is 42.5 Å². The summed E-state index contributed by atoms with van der Waals surface area (Å²) >= 11 is 0. The van der Waals surface area contributed by atoms with E-state index in [1.807, 2.05) is 18.2 Å². The molecule has 5 heteroatoms. The van der Waals surface area contributed by atoms with Crippen molar-refractivity contribution in [2.24, 2.45) is 0 Å². The molecule has 0 unspecified atom stereocenters. The standard InChI is InChI=1S/C23H29FN2O2/c1-15(2)19-6-5-7-20(16(3)4)23(19)26-22(28)14-21(27)25-13-12-17-8-10-18(24)11-9-17/h5-11,15-16H,12-14H2,1-4H3,(H,25,27)(H,26,28). The van der Waals surface area contributed by atoms with Gasteiger partial charge in [-0.15, -0.1) is 0 Å². The Balaban J connectivity index is 1.92. The van der Waals surface area contributed by atoms with E-state index in [2.05, 4.69) is 38.3 Å². The van der Waals surface area contributed by atoms with Crippen LogP contribution in [0.2, 0.25) is 0 Å². The first-order valence-electron chi connectivity index (χ1n) is 9.71. The Labute approximate surface area is 166 Å². The lowest BCUT2D eigenvalue weighted by molar-refractivity contribution is -0.126. The van der Waals surface area contributed by atoms with Gasteiger partial charge < -0.3 is 10.6 Å². The maximum atomic E-state index is 12.9. The summed E-state index contributed by atoms with van der Waals surface area (Å²) in [6, 6.07) is 12.2. The molecule has 0 aliphatic rings. The zero-order valence-corrected chi connectivity index (χ0v) is 17.0. The van der Waals surface area contributed by atoms with Crippen LogP contribution in [0.4, 0.5) is 10.1 Å². The first kappa shape index (κ1) is 21.6. The molecule has 0 saturated carbocycles. The number of nitrogens with one attached hydrogen (secondary N) is 2. The zero-order chi connectivity index (χ0) is 20.7. The molecule has 0 bridgehead atoms. The molecule has 2 N–H and O–H groups in total. The average Bonchev–Trinajstić information content (AvgIpc) is 2.63. The Morgan fingerprint density at radius 1 is 0.893 bits per heavy atom. The highest BCUT2D eigenvalue weighted by molar-refractivity contribution is 6.04. The van der Waals surface area contributed by atoms with E-state index in [1.165, 1.54) is 12.1 Å². The van der Waals surface area contributed by atoms with Crippen LogP contribution >= 0.6 is 0 Å². The predicted molar refractivity (Wildman–Crippen MR) is 111 cm³/mol. The number of anilines is 1. The summed E-state index contributed by atoms with van der Waals surface area (Å²) in [5, 5.41) is 5.69. The molecule has 2 aromatic carbocycles. The Hall–Kier alpha value is -2.69. The molecule has 2 rings (SSSR count). The van der Waals surface area contributed by atoms with Gasteiger partial charge in [-0.05, 0) is 47.1 Å². The highest BCUT2D eigenvalue weighted by atomic mass is 19.1. The second-order valence-electron chi connectivity index (χ2n) is 7.57. The summed E-state index contributed by atoms with van der Waals surface area (Å²) in [6.07, 6.45) is 0.356. The molecular weight excluding hydrogens is 355 g/mol. The summed E-state index contributed by atoms with van der Waals surface area (Å²) in [5.41, 5.74) is 3.88. The van der Waals surface area contributed by atoms with Crippen molar-refractivity contribution >= 4 is 17.5 Å². The first-order valence-corrected chi connectivity index (χ1v) is 9.71. The van der Waals surface area contributed by atoms with Crippen molar-refractivity contribution in [1.82, 2.24) is 5.32 Å². The maximum Gasteiger partial charge on any atom is 0.233 e. The molecule has 0 aromatic heterocycles. The normalized spacial score (nSPS) is 11.0. The zero-order valence-electron chi connectivity index (χ0n) is 17.0. The smallest absolute Gasteiger partial charge is 0.233 e. The molecule has 0 aliphatic carbocycles. The fourth-order valence-corrected chi connectivity index (χ4v) is 3.08. The van der Waals surface area contributed by atoms with Crippen LogP contribution in [-0.4, -0.2) is 18.4 Å². The van der Waals surface area contributed by atoms with E-state index in [4.69, 9.17) is 0 Å². The van der Waals surface area contributed by atoms with Crippen molar-refractivity contribution in [2.45, 2.75) is 52.4 Å². The quantitative estimate of drug-likeness (QED) is 0.645. The molecular formula is C23H29FN2O2. The topological polar surface area (TPSA) is 58.2 Å². The van der Waals surface area contributed by atoms with Crippen LogP contribution in [0.3, 0.4) is 0 Å². The fraction of sp³-hybridized carbons (Fsp3) is 0.391. The lowest BCUT2D eigenvalue weighted by atomic mass is 9.92. The van der Waals surface area contributed by atoms with Crippen LogP contribution in [0, 0.1) is 5.82 Å². The molecule has 0 spiro atoms. The number of carbonyl (C=O) groups is 2.